The van der Waals surface area contributed by atoms with Crippen LogP contribution in [0, 0.1) is 22.0 Å². The molecule has 2 atom stereocenters. The molecule has 13 heavy (non-hydrogen) atoms. The van der Waals surface area contributed by atoms with Gasteiger partial charge in [0, 0.05) is 23.7 Å². The molecule has 0 heterocycles. The van der Waals surface area contributed by atoms with E-state index in [1.807, 2.05) is 0 Å². The predicted molar refractivity (Wildman–Crippen MR) is 47.9 cm³/mol. The summed E-state index contributed by atoms with van der Waals surface area (Å²) >= 11 is 0. The monoisotopic (exact) mass is 183 g/mol. The molecule has 0 amide bonds. The molecule has 0 saturated heterocycles. The highest BCUT2D eigenvalue weighted by Gasteiger charge is 2.28. The Bertz CT molecular complexity index is 235. The fourth-order valence-electron chi connectivity index (χ4n) is 1.82. The molecule has 0 aromatic heterocycles. The molecule has 0 aromatic rings. The Labute approximate surface area is 76.8 Å². The minimum Gasteiger partial charge on any atom is -0.300 e. The lowest BCUT2D eigenvalue weighted by atomic mass is 9.81. The fraction of sp³-hybridized carbons (Fsp3) is 0.667. The third kappa shape index (κ3) is 2.97. The van der Waals surface area contributed by atoms with Gasteiger partial charge in [0.2, 0.25) is 6.54 Å². The van der Waals surface area contributed by atoms with Gasteiger partial charge in [0.1, 0.15) is 5.78 Å². The second kappa shape index (κ2) is 4.16. The summed E-state index contributed by atoms with van der Waals surface area (Å²) in [5, 5.41) is 10.2. The van der Waals surface area contributed by atoms with Gasteiger partial charge in [-0.3, -0.25) is 14.9 Å². The van der Waals surface area contributed by atoms with E-state index in [0.29, 0.717) is 12.8 Å². The van der Waals surface area contributed by atoms with Crippen LogP contribution in [-0.4, -0.2) is 17.3 Å². The van der Waals surface area contributed by atoms with Gasteiger partial charge in [-0.05, 0) is 12.3 Å². The van der Waals surface area contributed by atoms with Crippen LogP contribution >= 0.6 is 0 Å². The molecule has 4 nitrogen and oxygen atoms in total. The smallest absolute Gasteiger partial charge is 0.207 e. The number of Topliss-reactive ketones (excluding diaryl/α,β-unsaturated/α-hetero) is 1. The number of allylic oxidation sites excluding steroid dienone is 1. The van der Waals surface area contributed by atoms with Gasteiger partial charge < -0.3 is 0 Å². The van der Waals surface area contributed by atoms with Gasteiger partial charge in [-0.2, -0.15) is 0 Å². The summed E-state index contributed by atoms with van der Waals surface area (Å²) in [5.74, 6) is 0.188. The Hall–Kier alpha value is -1.19. The number of carbonyl (C=O) groups excluding carboxylic acids is 1. The summed E-state index contributed by atoms with van der Waals surface area (Å²) < 4.78 is 0. The average Bonchev–Trinajstić information content (AvgIpc) is 2.01. The van der Waals surface area contributed by atoms with E-state index in [4.69, 9.17) is 0 Å². The molecule has 1 saturated carbocycles. The van der Waals surface area contributed by atoms with Crippen molar-refractivity contribution in [3.05, 3.63) is 22.8 Å². The van der Waals surface area contributed by atoms with Gasteiger partial charge in [-0.25, -0.2) is 0 Å². The second-order valence-corrected chi connectivity index (χ2v) is 3.56. The molecule has 72 valence electrons. The Morgan fingerprint density at radius 1 is 1.62 bits per heavy atom. The standard InChI is InChI=1S/C9H13NO3/c1-2-7-3-8(6-10(12)13)5-9(11)4-7/h2,7-8H,1,3-6H2. The van der Waals surface area contributed by atoms with E-state index >= 15 is 0 Å². The maximum Gasteiger partial charge on any atom is 0.207 e. The molecule has 1 rings (SSSR count). The Morgan fingerprint density at radius 3 is 2.85 bits per heavy atom. The average molecular weight is 183 g/mol. The highest BCUT2D eigenvalue weighted by Crippen LogP contribution is 2.27. The third-order valence-electron chi connectivity index (χ3n) is 2.38. The van der Waals surface area contributed by atoms with E-state index in [1.54, 1.807) is 6.08 Å². The molecule has 0 radical (unpaired) electrons. The molecule has 0 N–H and O–H groups in total. The quantitative estimate of drug-likeness (QED) is 0.378. The Balaban J connectivity index is 2.51. The molecule has 0 bridgehead atoms. The van der Waals surface area contributed by atoms with Crippen LogP contribution in [0.2, 0.25) is 0 Å². The molecule has 0 spiro atoms. The summed E-state index contributed by atoms with van der Waals surface area (Å²) in [7, 11) is 0. The van der Waals surface area contributed by atoms with Crippen molar-refractivity contribution in [1.29, 1.82) is 0 Å². The van der Waals surface area contributed by atoms with Crippen LogP contribution in [0.25, 0.3) is 0 Å². The maximum atomic E-state index is 11.2. The topological polar surface area (TPSA) is 60.2 Å². The van der Waals surface area contributed by atoms with Crippen molar-refractivity contribution >= 4 is 5.78 Å². The van der Waals surface area contributed by atoms with E-state index in [1.165, 1.54) is 0 Å². The van der Waals surface area contributed by atoms with Gasteiger partial charge in [-0.15, -0.1) is 6.58 Å². The van der Waals surface area contributed by atoms with Crippen LogP contribution < -0.4 is 0 Å². The van der Waals surface area contributed by atoms with Crippen molar-refractivity contribution in [1.82, 2.24) is 0 Å². The van der Waals surface area contributed by atoms with Crippen LogP contribution in [0.5, 0.6) is 0 Å². The predicted octanol–water partition coefficient (Wildman–Crippen LogP) is 1.43. The molecular weight excluding hydrogens is 170 g/mol. The van der Waals surface area contributed by atoms with Gasteiger partial charge in [0.25, 0.3) is 0 Å². The normalized spacial score (nSPS) is 28.5. The lowest BCUT2D eigenvalue weighted by Gasteiger charge is -2.23. The van der Waals surface area contributed by atoms with E-state index in [-0.39, 0.29) is 29.1 Å². The lowest BCUT2D eigenvalue weighted by Crippen LogP contribution is -2.26. The summed E-state index contributed by atoms with van der Waals surface area (Å²) in [6.45, 7) is 3.52. The summed E-state index contributed by atoms with van der Waals surface area (Å²) in [6, 6.07) is 0. The zero-order chi connectivity index (χ0) is 9.84. The molecule has 1 fully saturated rings. The van der Waals surface area contributed by atoms with Gasteiger partial charge >= 0.3 is 0 Å². The second-order valence-electron chi connectivity index (χ2n) is 3.56. The molecular formula is C9H13NO3. The highest BCUT2D eigenvalue weighted by molar-refractivity contribution is 5.79. The summed E-state index contributed by atoms with van der Waals surface area (Å²) in [6.07, 6.45) is 3.34. The third-order valence-corrected chi connectivity index (χ3v) is 2.38. The molecule has 1 aliphatic carbocycles. The first-order valence-electron chi connectivity index (χ1n) is 4.38. The van der Waals surface area contributed by atoms with E-state index in [2.05, 4.69) is 6.58 Å². The lowest BCUT2D eigenvalue weighted by molar-refractivity contribution is -0.488. The summed E-state index contributed by atoms with van der Waals surface area (Å²) in [5.41, 5.74) is 0. The van der Waals surface area contributed by atoms with Gasteiger partial charge in [-0.1, -0.05) is 6.08 Å². The van der Waals surface area contributed by atoms with Crippen molar-refractivity contribution in [3.63, 3.8) is 0 Å². The number of rotatable bonds is 3. The van der Waals surface area contributed by atoms with Gasteiger partial charge in [0.05, 0.1) is 0 Å². The Morgan fingerprint density at radius 2 is 2.31 bits per heavy atom. The van der Waals surface area contributed by atoms with Crippen molar-refractivity contribution in [3.8, 4) is 0 Å². The molecule has 4 heteroatoms. The largest absolute Gasteiger partial charge is 0.300 e. The van der Waals surface area contributed by atoms with Crippen molar-refractivity contribution in [2.75, 3.05) is 6.54 Å². The summed E-state index contributed by atoms with van der Waals surface area (Å²) in [4.78, 5) is 21.0. The number of ketones is 1. The zero-order valence-electron chi connectivity index (χ0n) is 7.44. The molecule has 1 aliphatic rings. The van der Waals surface area contributed by atoms with Gasteiger partial charge in [0.15, 0.2) is 0 Å². The minimum absolute atomic E-state index is 0.0840. The highest BCUT2D eigenvalue weighted by atomic mass is 16.6. The van der Waals surface area contributed by atoms with Crippen LogP contribution in [0.1, 0.15) is 19.3 Å². The fourth-order valence-corrected chi connectivity index (χ4v) is 1.82. The van der Waals surface area contributed by atoms with E-state index in [0.717, 1.165) is 6.42 Å². The number of nitrogens with zero attached hydrogens (tertiary/aromatic N) is 1. The first kappa shape index (κ1) is 9.89. The number of hydrogen-bond acceptors (Lipinski definition) is 3. The van der Waals surface area contributed by atoms with Crippen molar-refractivity contribution in [2.24, 2.45) is 11.8 Å². The van der Waals surface area contributed by atoms with Crippen LogP contribution in [0.4, 0.5) is 0 Å². The van der Waals surface area contributed by atoms with Crippen molar-refractivity contribution < 1.29 is 9.72 Å². The van der Waals surface area contributed by atoms with Crippen LogP contribution in [0.3, 0.4) is 0 Å². The van der Waals surface area contributed by atoms with E-state index < -0.39 is 0 Å². The van der Waals surface area contributed by atoms with Crippen LogP contribution in [0.15, 0.2) is 12.7 Å². The van der Waals surface area contributed by atoms with Crippen molar-refractivity contribution in [2.45, 2.75) is 19.3 Å². The maximum absolute atomic E-state index is 11.2. The number of carbonyl (C=O) groups is 1. The zero-order valence-corrected chi connectivity index (χ0v) is 7.44. The number of nitro groups is 1. The SMILES string of the molecule is C=CC1CC(=O)CC(C[N+](=O)[O-])C1. The molecule has 0 aliphatic heterocycles. The first-order chi connectivity index (χ1) is 6.11. The first-order valence-corrected chi connectivity index (χ1v) is 4.38. The Kier molecular flexibility index (Phi) is 3.17. The van der Waals surface area contributed by atoms with E-state index in [9.17, 15) is 14.9 Å². The minimum atomic E-state index is -0.344. The molecule has 2 unspecified atom stereocenters. The number of hydrogen-bond donors (Lipinski definition) is 0. The van der Waals surface area contributed by atoms with Crippen LogP contribution in [-0.2, 0) is 4.79 Å². The molecule has 0 aromatic carbocycles.